The van der Waals surface area contributed by atoms with Gasteiger partial charge in [-0.2, -0.15) is 0 Å². The van der Waals surface area contributed by atoms with Crippen molar-refractivity contribution in [1.29, 1.82) is 0 Å². The number of aliphatic hydroxyl groups excluding tert-OH is 1. The number of nitro groups is 1. The number of likely N-dealkylation sites (N-methyl/N-ethyl adjacent to an activating group) is 1. The van der Waals surface area contributed by atoms with Gasteiger partial charge in [-0.3, -0.25) is 19.7 Å². The molecule has 20 heavy (non-hydrogen) atoms. The minimum atomic E-state index is -0.835. The van der Waals surface area contributed by atoms with Crippen LogP contribution in [0.2, 0.25) is 0 Å². The minimum Gasteiger partial charge on any atom is -0.390 e. The van der Waals surface area contributed by atoms with Gasteiger partial charge in [0.1, 0.15) is 0 Å². The number of anilines is 1. The summed E-state index contributed by atoms with van der Waals surface area (Å²) >= 11 is 0. The Kier molecular flexibility index (Phi) is 3.77. The zero-order valence-corrected chi connectivity index (χ0v) is 10.7. The van der Waals surface area contributed by atoms with Crippen LogP contribution in [0.4, 0.5) is 11.4 Å². The molecule has 1 aliphatic heterocycles. The topological polar surface area (TPSA) is 113 Å². The number of carbonyl (C=O) groups excluding carboxylic acids is 2. The molecule has 0 radical (unpaired) electrons. The van der Waals surface area contributed by atoms with Crippen LogP contribution >= 0.6 is 0 Å². The van der Waals surface area contributed by atoms with E-state index in [4.69, 9.17) is 0 Å². The van der Waals surface area contributed by atoms with E-state index in [0.29, 0.717) is 5.69 Å². The van der Waals surface area contributed by atoms with Crippen LogP contribution in [0.15, 0.2) is 18.2 Å². The summed E-state index contributed by atoms with van der Waals surface area (Å²) in [5, 5.41) is 23.1. The fourth-order valence-electron chi connectivity index (χ4n) is 2.09. The van der Waals surface area contributed by atoms with Crippen molar-refractivity contribution in [2.24, 2.45) is 0 Å². The number of nitrogens with zero attached hydrogens (tertiary/aromatic N) is 2. The van der Waals surface area contributed by atoms with Crippen LogP contribution in [-0.4, -0.2) is 48.0 Å². The molecule has 1 heterocycles. The molecule has 8 heteroatoms. The number of benzene rings is 1. The third kappa shape index (κ3) is 2.38. The molecule has 2 N–H and O–H groups in total. The van der Waals surface area contributed by atoms with Crippen molar-refractivity contribution in [2.75, 3.05) is 25.0 Å². The summed E-state index contributed by atoms with van der Waals surface area (Å²) in [6.45, 7) is 0.219. The predicted molar refractivity (Wildman–Crippen MR) is 69.7 cm³/mol. The first kappa shape index (κ1) is 14.1. The number of nitro benzene ring substituents is 1. The van der Waals surface area contributed by atoms with Crippen molar-refractivity contribution in [1.82, 2.24) is 5.32 Å². The van der Waals surface area contributed by atoms with Crippen LogP contribution in [0.1, 0.15) is 10.4 Å². The SMILES string of the molecule is CNCC(O)CN1C(=O)C(=O)c2cc([N+](=O)[O-])ccc21. The molecule has 0 saturated heterocycles. The largest absolute Gasteiger partial charge is 0.390 e. The van der Waals surface area contributed by atoms with E-state index in [1.54, 1.807) is 7.05 Å². The number of amides is 1. The van der Waals surface area contributed by atoms with Crippen molar-refractivity contribution in [2.45, 2.75) is 6.10 Å². The Morgan fingerprint density at radius 3 is 2.75 bits per heavy atom. The second-order valence-electron chi connectivity index (χ2n) is 4.41. The van der Waals surface area contributed by atoms with E-state index in [-0.39, 0.29) is 24.3 Å². The van der Waals surface area contributed by atoms with E-state index >= 15 is 0 Å². The smallest absolute Gasteiger partial charge is 0.299 e. The Balaban J connectivity index is 2.33. The third-order valence-electron chi connectivity index (χ3n) is 3.00. The molecule has 106 valence electrons. The van der Waals surface area contributed by atoms with Crippen LogP contribution in [0.3, 0.4) is 0 Å². The number of fused-ring (bicyclic) bond motifs is 1. The fourth-order valence-corrected chi connectivity index (χ4v) is 2.09. The van der Waals surface area contributed by atoms with E-state index < -0.39 is 22.7 Å². The van der Waals surface area contributed by atoms with Gasteiger partial charge in [0.2, 0.25) is 0 Å². The van der Waals surface area contributed by atoms with E-state index in [9.17, 15) is 24.8 Å². The lowest BCUT2D eigenvalue weighted by Gasteiger charge is -2.20. The number of carbonyl (C=O) groups is 2. The molecule has 0 fully saturated rings. The molecule has 0 saturated carbocycles. The average molecular weight is 279 g/mol. The molecular formula is C12H13N3O5. The summed E-state index contributed by atoms with van der Waals surface area (Å²) in [7, 11) is 1.65. The van der Waals surface area contributed by atoms with Crippen molar-refractivity contribution in [3.05, 3.63) is 33.9 Å². The summed E-state index contributed by atoms with van der Waals surface area (Å²) in [6, 6.07) is 3.66. The second-order valence-corrected chi connectivity index (χ2v) is 4.41. The van der Waals surface area contributed by atoms with Gasteiger partial charge in [0.25, 0.3) is 17.4 Å². The molecule has 0 bridgehead atoms. The molecule has 1 aromatic rings. The highest BCUT2D eigenvalue weighted by Gasteiger charge is 2.37. The lowest BCUT2D eigenvalue weighted by atomic mass is 10.1. The Labute approximate surface area is 114 Å². The van der Waals surface area contributed by atoms with E-state index in [1.165, 1.54) is 12.1 Å². The number of non-ortho nitro benzene ring substituents is 1. The molecule has 2 rings (SSSR count). The number of ketones is 1. The van der Waals surface area contributed by atoms with E-state index in [1.807, 2.05) is 0 Å². The van der Waals surface area contributed by atoms with Gasteiger partial charge < -0.3 is 15.3 Å². The summed E-state index contributed by atoms with van der Waals surface area (Å²) in [5.41, 5.74) is 0.0455. The maximum atomic E-state index is 11.9. The molecule has 1 aromatic carbocycles. The lowest BCUT2D eigenvalue weighted by molar-refractivity contribution is -0.384. The quantitative estimate of drug-likeness (QED) is 0.435. The number of β-amino-alcohol motifs (C(OH)–C–C–N with tert-alkyl or cyclic N) is 1. The average Bonchev–Trinajstić information content (AvgIpc) is 2.64. The Morgan fingerprint density at radius 2 is 2.15 bits per heavy atom. The minimum absolute atomic E-state index is 0.000794. The van der Waals surface area contributed by atoms with Gasteiger partial charge >= 0.3 is 0 Å². The zero-order chi connectivity index (χ0) is 14.9. The number of rotatable bonds is 5. The summed E-state index contributed by atoms with van der Waals surface area (Å²) in [5.74, 6) is -1.57. The highest BCUT2D eigenvalue weighted by molar-refractivity contribution is 6.52. The van der Waals surface area contributed by atoms with Crippen LogP contribution in [0.5, 0.6) is 0 Å². The first-order valence-corrected chi connectivity index (χ1v) is 5.93. The first-order valence-electron chi connectivity index (χ1n) is 5.93. The number of aliphatic hydroxyl groups is 1. The van der Waals surface area contributed by atoms with E-state index in [0.717, 1.165) is 11.0 Å². The van der Waals surface area contributed by atoms with Gasteiger partial charge in [-0.05, 0) is 13.1 Å². The van der Waals surface area contributed by atoms with Crippen LogP contribution in [0, 0.1) is 10.1 Å². The maximum absolute atomic E-state index is 11.9. The van der Waals surface area contributed by atoms with Crippen molar-refractivity contribution < 1.29 is 19.6 Å². The molecule has 0 spiro atoms. The summed E-state index contributed by atoms with van der Waals surface area (Å²) in [4.78, 5) is 34.9. The molecule has 1 aliphatic rings. The summed E-state index contributed by atoms with van der Waals surface area (Å²) < 4.78 is 0. The first-order chi connectivity index (χ1) is 9.45. The van der Waals surface area contributed by atoms with E-state index in [2.05, 4.69) is 5.32 Å². The van der Waals surface area contributed by atoms with Gasteiger partial charge in [-0.25, -0.2) is 0 Å². The van der Waals surface area contributed by atoms with Gasteiger partial charge in [-0.1, -0.05) is 0 Å². The molecule has 1 unspecified atom stereocenters. The third-order valence-corrected chi connectivity index (χ3v) is 3.00. The fraction of sp³-hybridized carbons (Fsp3) is 0.333. The van der Waals surface area contributed by atoms with Gasteiger partial charge in [0.05, 0.1) is 28.8 Å². The molecule has 1 amide bonds. The number of nitrogens with one attached hydrogen (secondary N) is 1. The Morgan fingerprint density at radius 1 is 1.45 bits per heavy atom. The lowest BCUT2D eigenvalue weighted by Crippen LogP contribution is -2.40. The molecule has 8 nitrogen and oxygen atoms in total. The van der Waals surface area contributed by atoms with Crippen molar-refractivity contribution >= 4 is 23.1 Å². The van der Waals surface area contributed by atoms with Gasteiger partial charge in [0.15, 0.2) is 0 Å². The highest BCUT2D eigenvalue weighted by atomic mass is 16.6. The predicted octanol–water partition coefficient (Wildman–Crippen LogP) is -0.296. The number of Topliss-reactive ketones (excluding diaryl/α,β-unsaturated/α-hetero) is 1. The van der Waals surface area contributed by atoms with Crippen molar-refractivity contribution in [3.63, 3.8) is 0 Å². The van der Waals surface area contributed by atoms with Crippen LogP contribution in [-0.2, 0) is 4.79 Å². The second kappa shape index (κ2) is 5.35. The number of hydrogen-bond donors (Lipinski definition) is 2. The van der Waals surface area contributed by atoms with Crippen molar-refractivity contribution in [3.8, 4) is 0 Å². The molecule has 1 atom stereocenters. The van der Waals surface area contributed by atoms with Crippen LogP contribution < -0.4 is 10.2 Å². The normalized spacial score (nSPS) is 15.4. The highest BCUT2D eigenvalue weighted by Crippen LogP contribution is 2.31. The standard InChI is InChI=1S/C12H13N3O5/c1-13-5-8(16)6-14-10-3-2-7(15(19)20)4-9(10)11(17)12(14)18/h2-4,8,13,16H,5-6H2,1H3. The van der Waals surface area contributed by atoms with Gasteiger partial charge in [0, 0.05) is 18.7 Å². The monoisotopic (exact) mass is 279 g/mol. The Bertz CT molecular complexity index is 586. The van der Waals surface area contributed by atoms with Gasteiger partial charge in [-0.15, -0.1) is 0 Å². The molecular weight excluding hydrogens is 266 g/mol. The number of hydrogen-bond acceptors (Lipinski definition) is 6. The maximum Gasteiger partial charge on any atom is 0.299 e. The Hall–Kier alpha value is -2.32. The summed E-state index contributed by atoms with van der Waals surface area (Å²) in [6.07, 6.45) is -0.835. The molecule has 0 aliphatic carbocycles. The van der Waals surface area contributed by atoms with Crippen LogP contribution in [0.25, 0.3) is 0 Å². The zero-order valence-electron chi connectivity index (χ0n) is 10.7. The molecule has 0 aromatic heterocycles.